The van der Waals surface area contributed by atoms with Crippen molar-refractivity contribution in [3.05, 3.63) is 70.8 Å². The van der Waals surface area contributed by atoms with Crippen molar-refractivity contribution >= 4 is 0 Å². The van der Waals surface area contributed by atoms with Gasteiger partial charge in [-0.3, -0.25) is 0 Å². The molecule has 0 aliphatic heterocycles. The van der Waals surface area contributed by atoms with Crippen molar-refractivity contribution in [2.45, 2.75) is 46.1 Å². The standard InChI is InChI=1S/C20H27N/c1-5-14-21-20(17(4)18-11-7-6-8-12-18)19-13-9-10-15(2)16(19)3/h6-13,17,20-21H,5,14H2,1-4H3. The number of hydrogen-bond donors (Lipinski definition) is 1. The van der Waals surface area contributed by atoms with Crippen LogP contribution in [0.2, 0.25) is 0 Å². The van der Waals surface area contributed by atoms with Gasteiger partial charge in [0, 0.05) is 12.0 Å². The molecule has 2 aromatic carbocycles. The minimum atomic E-state index is 0.368. The largest absolute Gasteiger partial charge is 0.309 e. The van der Waals surface area contributed by atoms with Crippen molar-refractivity contribution in [2.24, 2.45) is 0 Å². The minimum absolute atomic E-state index is 0.368. The predicted molar refractivity (Wildman–Crippen MR) is 91.8 cm³/mol. The molecular weight excluding hydrogens is 254 g/mol. The lowest BCUT2D eigenvalue weighted by molar-refractivity contribution is 0.464. The van der Waals surface area contributed by atoms with E-state index in [1.165, 1.54) is 22.3 Å². The van der Waals surface area contributed by atoms with E-state index in [0.29, 0.717) is 12.0 Å². The highest BCUT2D eigenvalue weighted by Gasteiger charge is 2.21. The summed E-state index contributed by atoms with van der Waals surface area (Å²) in [6.45, 7) is 10.0. The molecule has 2 aromatic rings. The van der Waals surface area contributed by atoms with Crippen LogP contribution in [0.15, 0.2) is 48.5 Å². The van der Waals surface area contributed by atoms with Crippen molar-refractivity contribution in [1.82, 2.24) is 5.32 Å². The van der Waals surface area contributed by atoms with Crippen LogP contribution in [-0.2, 0) is 0 Å². The molecule has 1 heteroatoms. The zero-order valence-corrected chi connectivity index (χ0v) is 13.7. The Balaban J connectivity index is 2.36. The van der Waals surface area contributed by atoms with Crippen LogP contribution < -0.4 is 5.32 Å². The monoisotopic (exact) mass is 281 g/mol. The molecule has 0 aliphatic carbocycles. The van der Waals surface area contributed by atoms with Crippen molar-refractivity contribution in [3.8, 4) is 0 Å². The van der Waals surface area contributed by atoms with Crippen LogP contribution in [0.1, 0.15) is 54.5 Å². The van der Waals surface area contributed by atoms with Crippen LogP contribution in [0.3, 0.4) is 0 Å². The Morgan fingerprint density at radius 1 is 0.952 bits per heavy atom. The molecule has 2 atom stereocenters. The van der Waals surface area contributed by atoms with Gasteiger partial charge in [0.1, 0.15) is 0 Å². The highest BCUT2D eigenvalue weighted by atomic mass is 14.9. The second-order valence-electron chi connectivity index (χ2n) is 5.92. The van der Waals surface area contributed by atoms with Crippen molar-refractivity contribution in [3.63, 3.8) is 0 Å². The second kappa shape index (κ2) is 7.42. The summed E-state index contributed by atoms with van der Waals surface area (Å²) in [5.74, 6) is 0.457. The first kappa shape index (κ1) is 15.8. The molecule has 0 radical (unpaired) electrons. The molecule has 0 spiro atoms. The van der Waals surface area contributed by atoms with Gasteiger partial charge in [-0.05, 0) is 49.1 Å². The molecule has 0 aromatic heterocycles. The highest BCUT2D eigenvalue weighted by Crippen LogP contribution is 2.33. The lowest BCUT2D eigenvalue weighted by atomic mass is 9.85. The summed E-state index contributed by atoms with van der Waals surface area (Å²) >= 11 is 0. The third-order valence-corrected chi connectivity index (χ3v) is 4.42. The molecule has 0 saturated carbocycles. The Bertz CT molecular complexity index is 559. The molecule has 0 heterocycles. The van der Waals surface area contributed by atoms with Crippen LogP contribution in [0.25, 0.3) is 0 Å². The quantitative estimate of drug-likeness (QED) is 0.772. The van der Waals surface area contributed by atoms with Crippen LogP contribution in [-0.4, -0.2) is 6.54 Å². The van der Waals surface area contributed by atoms with E-state index in [-0.39, 0.29) is 0 Å². The smallest absolute Gasteiger partial charge is 0.0389 e. The topological polar surface area (TPSA) is 12.0 Å². The van der Waals surface area contributed by atoms with E-state index in [2.05, 4.69) is 81.5 Å². The van der Waals surface area contributed by atoms with Crippen LogP contribution in [0.5, 0.6) is 0 Å². The fourth-order valence-corrected chi connectivity index (χ4v) is 2.92. The SMILES string of the molecule is CCCNC(c1cccc(C)c1C)C(C)c1ccccc1. The van der Waals surface area contributed by atoms with E-state index in [1.807, 2.05) is 0 Å². The molecule has 2 rings (SSSR count). The first-order chi connectivity index (χ1) is 10.1. The predicted octanol–water partition coefficient (Wildman–Crippen LogP) is 5.15. The van der Waals surface area contributed by atoms with Gasteiger partial charge in [0.25, 0.3) is 0 Å². The first-order valence-corrected chi connectivity index (χ1v) is 7.99. The average molecular weight is 281 g/mol. The maximum atomic E-state index is 3.75. The molecule has 2 unspecified atom stereocenters. The van der Waals surface area contributed by atoms with Gasteiger partial charge >= 0.3 is 0 Å². The summed E-state index contributed by atoms with van der Waals surface area (Å²) in [6.07, 6.45) is 1.16. The molecule has 0 aliphatic rings. The van der Waals surface area contributed by atoms with E-state index in [1.54, 1.807) is 0 Å². The zero-order chi connectivity index (χ0) is 15.2. The maximum Gasteiger partial charge on any atom is 0.0389 e. The minimum Gasteiger partial charge on any atom is -0.309 e. The molecule has 1 N–H and O–H groups in total. The molecule has 0 amide bonds. The third kappa shape index (κ3) is 3.74. The second-order valence-corrected chi connectivity index (χ2v) is 5.92. The number of benzene rings is 2. The summed E-state index contributed by atoms with van der Waals surface area (Å²) in [5.41, 5.74) is 5.61. The van der Waals surface area contributed by atoms with Crippen LogP contribution in [0.4, 0.5) is 0 Å². The maximum absolute atomic E-state index is 3.75. The van der Waals surface area contributed by atoms with E-state index in [9.17, 15) is 0 Å². The normalized spacial score (nSPS) is 13.9. The molecule has 112 valence electrons. The summed E-state index contributed by atoms with van der Waals surface area (Å²) in [5, 5.41) is 3.75. The van der Waals surface area contributed by atoms with Crippen molar-refractivity contribution < 1.29 is 0 Å². The Labute approximate surface area is 129 Å². The number of nitrogens with one attached hydrogen (secondary N) is 1. The van der Waals surface area contributed by atoms with Gasteiger partial charge in [-0.15, -0.1) is 0 Å². The average Bonchev–Trinajstić information content (AvgIpc) is 2.52. The van der Waals surface area contributed by atoms with Crippen LogP contribution >= 0.6 is 0 Å². The Morgan fingerprint density at radius 2 is 1.67 bits per heavy atom. The van der Waals surface area contributed by atoms with E-state index in [4.69, 9.17) is 0 Å². The Morgan fingerprint density at radius 3 is 2.33 bits per heavy atom. The summed E-state index contributed by atoms with van der Waals surface area (Å²) in [7, 11) is 0. The van der Waals surface area contributed by atoms with Crippen molar-refractivity contribution in [2.75, 3.05) is 6.54 Å². The van der Waals surface area contributed by atoms with Gasteiger partial charge in [0.2, 0.25) is 0 Å². The number of hydrogen-bond acceptors (Lipinski definition) is 1. The summed E-state index contributed by atoms with van der Waals surface area (Å²) in [6, 6.07) is 17.8. The van der Waals surface area contributed by atoms with Crippen LogP contribution in [0, 0.1) is 13.8 Å². The molecule has 0 saturated heterocycles. The Hall–Kier alpha value is -1.60. The molecule has 0 fully saturated rings. The van der Waals surface area contributed by atoms with E-state index in [0.717, 1.165) is 13.0 Å². The van der Waals surface area contributed by atoms with Gasteiger partial charge in [0.15, 0.2) is 0 Å². The first-order valence-electron chi connectivity index (χ1n) is 7.99. The number of rotatable bonds is 6. The number of aryl methyl sites for hydroxylation is 1. The van der Waals surface area contributed by atoms with Gasteiger partial charge in [-0.25, -0.2) is 0 Å². The lowest BCUT2D eigenvalue weighted by Crippen LogP contribution is -2.27. The fourth-order valence-electron chi connectivity index (χ4n) is 2.92. The van der Waals surface area contributed by atoms with Gasteiger partial charge in [0.05, 0.1) is 0 Å². The lowest BCUT2D eigenvalue weighted by Gasteiger charge is -2.28. The van der Waals surface area contributed by atoms with E-state index >= 15 is 0 Å². The van der Waals surface area contributed by atoms with Gasteiger partial charge in [-0.2, -0.15) is 0 Å². The zero-order valence-electron chi connectivity index (χ0n) is 13.7. The van der Waals surface area contributed by atoms with Gasteiger partial charge in [-0.1, -0.05) is 62.4 Å². The molecule has 0 bridgehead atoms. The fraction of sp³-hybridized carbons (Fsp3) is 0.400. The molecule has 21 heavy (non-hydrogen) atoms. The highest BCUT2D eigenvalue weighted by molar-refractivity contribution is 5.37. The third-order valence-electron chi connectivity index (χ3n) is 4.42. The molecular formula is C20H27N. The van der Waals surface area contributed by atoms with Crippen molar-refractivity contribution in [1.29, 1.82) is 0 Å². The van der Waals surface area contributed by atoms with Gasteiger partial charge < -0.3 is 5.32 Å². The Kier molecular flexibility index (Phi) is 5.58. The summed E-state index contributed by atoms with van der Waals surface area (Å²) < 4.78 is 0. The molecule has 1 nitrogen and oxygen atoms in total. The van der Waals surface area contributed by atoms with E-state index < -0.39 is 0 Å². The summed E-state index contributed by atoms with van der Waals surface area (Å²) in [4.78, 5) is 0.